The number of fused-ring (bicyclic) bond motifs is 1. The van der Waals surface area contributed by atoms with Crippen molar-refractivity contribution in [2.45, 2.75) is 45.8 Å². The third-order valence-electron chi connectivity index (χ3n) is 6.28. The summed E-state index contributed by atoms with van der Waals surface area (Å²) >= 11 is 0. The van der Waals surface area contributed by atoms with E-state index in [0.717, 1.165) is 16.0 Å². The maximum atomic E-state index is 13.5. The van der Waals surface area contributed by atoms with Gasteiger partial charge in [-0.3, -0.25) is 4.79 Å². The Morgan fingerprint density at radius 2 is 1.51 bits per heavy atom. The first-order valence-corrected chi connectivity index (χ1v) is 13.1. The maximum absolute atomic E-state index is 13.5. The molecule has 3 amide bonds. The van der Waals surface area contributed by atoms with Crippen LogP contribution < -0.4 is 5.32 Å². The van der Waals surface area contributed by atoms with E-state index in [1.165, 1.54) is 0 Å². The Kier molecular flexibility index (Phi) is 9.45. The molecule has 1 atom stereocenters. The maximum Gasteiger partial charge on any atom is 0.418 e. The second-order valence-electron chi connectivity index (χ2n) is 9.75. The van der Waals surface area contributed by atoms with Gasteiger partial charge < -0.3 is 14.5 Å². The summed E-state index contributed by atoms with van der Waals surface area (Å²) < 4.78 is 11.2. The van der Waals surface area contributed by atoms with Crippen molar-refractivity contribution in [1.29, 1.82) is 0 Å². The number of para-hydroxylation sites is 2. The normalized spacial score (nSPS) is 11.8. The van der Waals surface area contributed by atoms with Gasteiger partial charge in [0.05, 0.1) is 6.04 Å². The number of hydrogen-bond donors (Lipinski definition) is 1. The van der Waals surface area contributed by atoms with Crippen molar-refractivity contribution >= 4 is 29.0 Å². The van der Waals surface area contributed by atoms with Gasteiger partial charge in [0, 0.05) is 6.54 Å². The number of carbonyl (C=O) groups excluding carboxylic acids is 3. The predicted octanol–water partition coefficient (Wildman–Crippen LogP) is 6.41. The molecule has 1 heterocycles. The lowest BCUT2D eigenvalue weighted by atomic mass is 10.0. The van der Waals surface area contributed by atoms with Gasteiger partial charge in [-0.05, 0) is 48.4 Å². The fourth-order valence-corrected chi connectivity index (χ4v) is 4.04. The highest BCUT2D eigenvalue weighted by molar-refractivity contribution is 6.01. The lowest BCUT2D eigenvalue weighted by molar-refractivity contribution is 0.0878. The monoisotopic (exact) mass is 527 g/mol. The number of benzene rings is 3. The Hall–Kier alpha value is -4.46. The minimum Gasteiger partial charge on any atom is -0.444 e. The number of hydrogen-bond acceptors (Lipinski definition) is 6. The summed E-state index contributed by atoms with van der Waals surface area (Å²) in [7, 11) is 0. The van der Waals surface area contributed by atoms with Crippen molar-refractivity contribution < 1.29 is 23.5 Å². The predicted molar refractivity (Wildman–Crippen MR) is 148 cm³/mol. The first-order valence-electron chi connectivity index (χ1n) is 13.1. The van der Waals surface area contributed by atoms with E-state index < -0.39 is 23.9 Å². The highest BCUT2D eigenvalue weighted by Crippen LogP contribution is 2.18. The molecule has 0 aliphatic rings. The molecule has 3 aromatic carbocycles. The van der Waals surface area contributed by atoms with E-state index in [2.05, 4.69) is 10.3 Å². The van der Waals surface area contributed by atoms with Gasteiger partial charge >= 0.3 is 12.1 Å². The number of urea groups is 1. The number of amides is 3. The minimum absolute atomic E-state index is 0.0321. The van der Waals surface area contributed by atoms with Gasteiger partial charge in [0.15, 0.2) is 5.58 Å². The molecule has 39 heavy (non-hydrogen) atoms. The third-order valence-corrected chi connectivity index (χ3v) is 6.28. The zero-order valence-electron chi connectivity index (χ0n) is 22.2. The van der Waals surface area contributed by atoms with Crippen LogP contribution in [0.15, 0.2) is 89.3 Å². The smallest absolute Gasteiger partial charge is 0.418 e. The van der Waals surface area contributed by atoms with Crippen LogP contribution in [0.3, 0.4) is 0 Å². The fourth-order valence-electron chi connectivity index (χ4n) is 4.04. The summed E-state index contributed by atoms with van der Waals surface area (Å²) in [5, 5.41) is 2.77. The van der Waals surface area contributed by atoms with Crippen LogP contribution in [-0.2, 0) is 17.8 Å². The number of rotatable bonds is 11. The van der Waals surface area contributed by atoms with Crippen LogP contribution in [0.1, 0.15) is 48.5 Å². The molecule has 0 fully saturated rings. The molecule has 4 aromatic rings. The van der Waals surface area contributed by atoms with Crippen molar-refractivity contribution in [3.8, 4) is 0 Å². The number of aromatic nitrogens is 1. The summed E-state index contributed by atoms with van der Waals surface area (Å²) in [4.78, 5) is 45.4. The molecule has 4 rings (SSSR count). The van der Waals surface area contributed by atoms with Gasteiger partial charge in [0.25, 0.3) is 5.89 Å². The van der Waals surface area contributed by atoms with Crippen LogP contribution in [0.2, 0.25) is 0 Å². The quantitative estimate of drug-likeness (QED) is 0.226. The molecule has 0 spiro atoms. The van der Waals surface area contributed by atoms with Crippen molar-refractivity contribution in [3.05, 3.63) is 102 Å². The summed E-state index contributed by atoms with van der Waals surface area (Å²) in [6.07, 6.45) is 0.641. The average Bonchev–Trinajstić information content (AvgIpc) is 3.39. The first kappa shape index (κ1) is 27.6. The summed E-state index contributed by atoms with van der Waals surface area (Å²) in [5.74, 6) is -0.302. The Morgan fingerprint density at radius 1 is 0.872 bits per heavy atom. The molecule has 202 valence electrons. The second-order valence-corrected chi connectivity index (χ2v) is 9.75. The molecule has 0 aliphatic carbocycles. The van der Waals surface area contributed by atoms with E-state index in [1.807, 2.05) is 74.5 Å². The van der Waals surface area contributed by atoms with Gasteiger partial charge in [0.2, 0.25) is 5.78 Å². The second kappa shape index (κ2) is 13.4. The number of imide groups is 1. The molecule has 0 radical (unpaired) electrons. The Labute approximate surface area is 228 Å². The van der Waals surface area contributed by atoms with Crippen molar-refractivity contribution in [2.24, 2.45) is 5.92 Å². The van der Waals surface area contributed by atoms with Crippen LogP contribution in [0.5, 0.6) is 0 Å². The molecule has 8 heteroatoms. The van der Waals surface area contributed by atoms with E-state index in [4.69, 9.17) is 9.15 Å². The largest absolute Gasteiger partial charge is 0.444 e. The number of nitrogens with one attached hydrogen (secondary N) is 1. The molecule has 8 nitrogen and oxygen atoms in total. The summed E-state index contributed by atoms with van der Waals surface area (Å²) in [6.45, 7) is 4.19. The average molecular weight is 528 g/mol. The Bertz CT molecular complexity index is 1350. The highest BCUT2D eigenvalue weighted by Gasteiger charge is 2.31. The topological polar surface area (TPSA) is 102 Å². The van der Waals surface area contributed by atoms with Crippen LogP contribution in [0.25, 0.3) is 11.1 Å². The highest BCUT2D eigenvalue weighted by atomic mass is 16.6. The minimum atomic E-state index is -0.964. The summed E-state index contributed by atoms with van der Waals surface area (Å²) in [5.41, 5.74) is 2.86. The van der Waals surface area contributed by atoms with Gasteiger partial charge in [-0.15, -0.1) is 0 Å². The molecule has 1 N–H and O–H groups in total. The van der Waals surface area contributed by atoms with Crippen LogP contribution in [0.4, 0.5) is 9.59 Å². The van der Waals surface area contributed by atoms with Crippen LogP contribution >= 0.6 is 0 Å². The Morgan fingerprint density at radius 3 is 2.18 bits per heavy atom. The first-order chi connectivity index (χ1) is 18.9. The Balaban J connectivity index is 1.52. The molecule has 0 bridgehead atoms. The van der Waals surface area contributed by atoms with E-state index in [9.17, 15) is 14.4 Å². The van der Waals surface area contributed by atoms with Gasteiger partial charge in [-0.2, -0.15) is 0 Å². The number of ketones is 1. The lowest BCUT2D eigenvalue weighted by Crippen LogP contribution is -2.50. The summed E-state index contributed by atoms with van der Waals surface area (Å²) in [6, 6.07) is 24.3. The number of carbonyl (C=O) groups is 3. The van der Waals surface area contributed by atoms with E-state index >= 15 is 0 Å². The molecular formula is C31H33N3O5. The third kappa shape index (κ3) is 7.77. The number of Topliss-reactive ketones (excluding diaryl/α,β-unsaturated/α-hetero) is 1. The van der Waals surface area contributed by atoms with Gasteiger partial charge in [-0.25, -0.2) is 19.5 Å². The van der Waals surface area contributed by atoms with E-state index in [-0.39, 0.29) is 25.0 Å². The van der Waals surface area contributed by atoms with Crippen molar-refractivity contribution in [2.75, 3.05) is 6.54 Å². The fraction of sp³-hybridized carbons (Fsp3) is 0.290. The van der Waals surface area contributed by atoms with Crippen LogP contribution in [-0.4, -0.2) is 40.4 Å². The van der Waals surface area contributed by atoms with Gasteiger partial charge in [-0.1, -0.05) is 86.6 Å². The van der Waals surface area contributed by atoms with Gasteiger partial charge in [0.1, 0.15) is 12.1 Å². The zero-order valence-corrected chi connectivity index (χ0v) is 22.2. The van der Waals surface area contributed by atoms with Crippen molar-refractivity contribution in [3.63, 3.8) is 0 Å². The molecular weight excluding hydrogens is 494 g/mol. The number of aryl methyl sites for hydroxylation is 1. The standard InChI is InChI=1S/C31H33N3O5/c1-22(2)19-20-34(31(37)38-21-24-13-7-4-8-14-24)30(36)33-26(18-17-23-11-5-3-6-12-23)28(35)29-32-25-15-9-10-16-27(25)39-29/h3-16,22,26H,17-21H2,1-2H3,(H,33,36)/t26-/m0/s1. The molecule has 0 saturated heterocycles. The molecule has 1 aromatic heterocycles. The molecule has 0 aliphatic heterocycles. The van der Waals surface area contributed by atoms with Crippen LogP contribution in [0, 0.1) is 5.92 Å². The lowest BCUT2D eigenvalue weighted by Gasteiger charge is -2.24. The van der Waals surface area contributed by atoms with E-state index in [0.29, 0.717) is 30.4 Å². The molecule has 0 saturated carbocycles. The number of nitrogens with zero attached hydrogens (tertiary/aromatic N) is 2. The number of oxazole rings is 1. The number of ether oxygens (including phenoxy) is 1. The molecule has 0 unspecified atom stereocenters. The SMILES string of the molecule is CC(C)CCN(C(=O)N[C@@H](CCc1ccccc1)C(=O)c1nc2ccccc2o1)C(=O)OCc1ccccc1. The van der Waals surface area contributed by atoms with Crippen molar-refractivity contribution in [1.82, 2.24) is 15.2 Å². The zero-order chi connectivity index (χ0) is 27.6. The van der Waals surface area contributed by atoms with E-state index in [1.54, 1.807) is 24.3 Å².